The lowest BCUT2D eigenvalue weighted by molar-refractivity contribution is -0.309. The van der Waals surface area contributed by atoms with Crippen LogP contribution in [0.1, 0.15) is 31.4 Å². The molecule has 1 saturated heterocycles. The number of rotatable bonds is 5. The average molecular weight is 374 g/mol. The number of allylic oxidation sites excluding steroid dienone is 1. The van der Waals surface area contributed by atoms with E-state index in [0.717, 1.165) is 11.1 Å². The van der Waals surface area contributed by atoms with Crippen molar-refractivity contribution in [3.05, 3.63) is 48.1 Å². The number of fused-ring (bicyclic) bond motifs is 2. The van der Waals surface area contributed by atoms with Gasteiger partial charge in [-0.05, 0) is 30.2 Å². The molecular formula is C21H26O6. The average Bonchev–Trinajstić information content (AvgIpc) is 3.22. The summed E-state index contributed by atoms with van der Waals surface area (Å²) in [6.07, 6.45) is 4.19. The molecule has 5 atom stereocenters. The molecular weight excluding hydrogens is 348 g/mol. The van der Waals surface area contributed by atoms with Gasteiger partial charge in [0.2, 0.25) is 12.6 Å². The Morgan fingerprint density at radius 2 is 2.07 bits per heavy atom. The summed E-state index contributed by atoms with van der Waals surface area (Å²) in [6.45, 7) is 6.07. The fourth-order valence-electron chi connectivity index (χ4n) is 4.65. The number of ether oxygens (including phenoxy) is 5. The van der Waals surface area contributed by atoms with Crippen molar-refractivity contribution in [1.82, 2.24) is 0 Å². The van der Waals surface area contributed by atoms with Crippen LogP contribution in [0.15, 0.2) is 42.5 Å². The van der Waals surface area contributed by atoms with Crippen LogP contribution in [0, 0.1) is 5.92 Å². The molecule has 1 aromatic carbocycles. The highest BCUT2D eigenvalue weighted by Crippen LogP contribution is 2.57. The first kappa shape index (κ1) is 18.5. The summed E-state index contributed by atoms with van der Waals surface area (Å²) in [5, 5.41) is 11.6. The number of benzene rings is 1. The second kappa shape index (κ2) is 6.63. The zero-order valence-electron chi connectivity index (χ0n) is 15.9. The van der Waals surface area contributed by atoms with Gasteiger partial charge in [0.25, 0.3) is 0 Å². The van der Waals surface area contributed by atoms with Gasteiger partial charge in [-0.15, -0.1) is 6.58 Å². The standard InChI is InChI=1S/C21H26O6/c1-5-6-14-9-18(23-3)21(22)20(11-14,24-4)13(2)19(27-21)15-7-8-16-17(10-15)26-12-25-16/h5,7-8,10-11,13,18-19,22H,1,6,9,12H2,2-4H3/t13-,18-,19-,20+,21+/m0/s1. The summed E-state index contributed by atoms with van der Waals surface area (Å²) in [5.41, 5.74) is 0.996. The molecule has 146 valence electrons. The van der Waals surface area contributed by atoms with E-state index in [9.17, 15) is 5.11 Å². The fourth-order valence-corrected chi connectivity index (χ4v) is 4.65. The van der Waals surface area contributed by atoms with Crippen LogP contribution in [-0.2, 0) is 14.2 Å². The molecule has 1 aliphatic carbocycles. The van der Waals surface area contributed by atoms with Gasteiger partial charge in [-0.25, -0.2) is 0 Å². The summed E-state index contributed by atoms with van der Waals surface area (Å²) in [5.74, 6) is -0.361. The maximum atomic E-state index is 11.6. The van der Waals surface area contributed by atoms with Crippen molar-refractivity contribution in [2.75, 3.05) is 21.0 Å². The first-order chi connectivity index (χ1) is 13.0. The summed E-state index contributed by atoms with van der Waals surface area (Å²) < 4.78 is 28.8. The Kier molecular flexibility index (Phi) is 4.55. The molecule has 2 aliphatic heterocycles. The quantitative estimate of drug-likeness (QED) is 0.799. The third-order valence-electron chi connectivity index (χ3n) is 6.05. The monoisotopic (exact) mass is 374 g/mol. The van der Waals surface area contributed by atoms with Crippen LogP contribution >= 0.6 is 0 Å². The number of hydrogen-bond donors (Lipinski definition) is 1. The third-order valence-corrected chi connectivity index (χ3v) is 6.05. The third kappa shape index (κ3) is 2.55. The van der Waals surface area contributed by atoms with Crippen molar-refractivity contribution < 1.29 is 28.8 Å². The van der Waals surface area contributed by atoms with Gasteiger partial charge in [0.1, 0.15) is 11.7 Å². The Balaban J connectivity index is 1.78. The van der Waals surface area contributed by atoms with E-state index in [1.165, 1.54) is 0 Å². The van der Waals surface area contributed by atoms with Gasteiger partial charge in [0.15, 0.2) is 11.5 Å². The zero-order valence-corrected chi connectivity index (χ0v) is 15.9. The van der Waals surface area contributed by atoms with Crippen LogP contribution in [-0.4, -0.2) is 43.6 Å². The molecule has 27 heavy (non-hydrogen) atoms. The minimum Gasteiger partial charge on any atom is -0.454 e. The Labute approximate surface area is 159 Å². The van der Waals surface area contributed by atoms with Gasteiger partial charge in [0, 0.05) is 26.6 Å². The molecule has 2 heterocycles. The van der Waals surface area contributed by atoms with E-state index in [4.69, 9.17) is 23.7 Å². The Morgan fingerprint density at radius 1 is 1.30 bits per heavy atom. The van der Waals surface area contributed by atoms with Gasteiger partial charge in [0.05, 0.1) is 6.10 Å². The SMILES string of the molecule is C=CCC1=C[C@@]2(OC)[C@@H](C)[C@@H](c3ccc4c(c3)OCO4)O[C@]2(O)[C@@H](OC)C1. The molecule has 4 rings (SSSR count). The van der Waals surface area contributed by atoms with Crippen molar-refractivity contribution in [3.8, 4) is 11.5 Å². The van der Waals surface area contributed by atoms with Gasteiger partial charge in [-0.1, -0.05) is 24.6 Å². The van der Waals surface area contributed by atoms with E-state index in [1.807, 2.05) is 37.3 Å². The van der Waals surface area contributed by atoms with Crippen molar-refractivity contribution in [3.63, 3.8) is 0 Å². The molecule has 0 bridgehead atoms. The molecule has 0 aromatic heterocycles. The smallest absolute Gasteiger partial charge is 0.231 e. The minimum absolute atomic E-state index is 0.161. The number of aliphatic hydroxyl groups is 1. The molecule has 1 N–H and O–H groups in total. The predicted octanol–water partition coefficient (Wildman–Crippen LogP) is 3.12. The van der Waals surface area contributed by atoms with E-state index >= 15 is 0 Å². The van der Waals surface area contributed by atoms with Gasteiger partial charge in [-0.2, -0.15) is 0 Å². The van der Waals surface area contributed by atoms with E-state index in [0.29, 0.717) is 24.3 Å². The van der Waals surface area contributed by atoms with Crippen LogP contribution in [0.4, 0.5) is 0 Å². The second-order valence-electron chi connectivity index (χ2n) is 7.36. The largest absolute Gasteiger partial charge is 0.454 e. The lowest BCUT2D eigenvalue weighted by atomic mass is 9.71. The molecule has 0 radical (unpaired) electrons. The zero-order chi connectivity index (χ0) is 19.2. The second-order valence-corrected chi connectivity index (χ2v) is 7.36. The fraction of sp³-hybridized carbons (Fsp3) is 0.524. The minimum atomic E-state index is -1.60. The van der Waals surface area contributed by atoms with Crippen LogP contribution < -0.4 is 9.47 Å². The molecule has 6 nitrogen and oxygen atoms in total. The van der Waals surface area contributed by atoms with Crippen molar-refractivity contribution in [2.45, 2.75) is 43.4 Å². The summed E-state index contributed by atoms with van der Waals surface area (Å²) >= 11 is 0. The first-order valence-electron chi connectivity index (χ1n) is 9.18. The lowest BCUT2D eigenvalue weighted by Crippen LogP contribution is -2.63. The Morgan fingerprint density at radius 3 is 2.78 bits per heavy atom. The highest BCUT2D eigenvalue weighted by Gasteiger charge is 2.68. The van der Waals surface area contributed by atoms with E-state index in [2.05, 4.69) is 6.58 Å². The van der Waals surface area contributed by atoms with Crippen molar-refractivity contribution in [1.29, 1.82) is 0 Å². The van der Waals surface area contributed by atoms with Crippen molar-refractivity contribution in [2.24, 2.45) is 5.92 Å². The Bertz CT molecular complexity index is 774. The van der Waals surface area contributed by atoms with E-state index < -0.39 is 17.5 Å². The normalized spacial score (nSPS) is 37.0. The van der Waals surface area contributed by atoms with Crippen LogP contribution in [0.5, 0.6) is 11.5 Å². The molecule has 1 fully saturated rings. The van der Waals surface area contributed by atoms with Crippen LogP contribution in [0.25, 0.3) is 0 Å². The van der Waals surface area contributed by atoms with Crippen LogP contribution in [0.2, 0.25) is 0 Å². The van der Waals surface area contributed by atoms with Gasteiger partial charge in [-0.3, -0.25) is 0 Å². The first-order valence-corrected chi connectivity index (χ1v) is 9.18. The highest BCUT2D eigenvalue weighted by molar-refractivity contribution is 5.46. The van der Waals surface area contributed by atoms with Gasteiger partial charge < -0.3 is 28.8 Å². The summed E-state index contributed by atoms with van der Waals surface area (Å²) in [6, 6.07) is 5.71. The predicted molar refractivity (Wildman–Crippen MR) is 98.6 cm³/mol. The summed E-state index contributed by atoms with van der Waals surface area (Å²) in [7, 11) is 3.19. The van der Waals surface area contributed by atoms with E-state index in [-0.39, 0.29) is 18.8 Å². The molecule has 0 amide bonds. The molecule has 6 heteroatoms. The number of methoxy groups -OCH3 is 2. The summed E-state index contributed by atoms with van der Waals surface area (Å²) in [4.78, 5) is 0. The highest BCUT2D eigenvalue weighted by atomic mass is 16.7. The topological polar surface area (TPSA) is 66.4 Å². The van der Waals surface area contributed by atoms with E-state index in [1.54, 1.807) is 14.2 Å². The molecule has 0 unspecified atom stereocenters. The molecule has 0 spiro atoms. The molecule has 1 aromatic rings. The Hall–Kier alpha value is -1.86. The number of hydrogen-bond acceptors (Lipinski definition) is 6. The maximum absolute atomic E-state index is 11.6. The van der Waals surface area contributed by atoms with Crippen molar-refractivity contribution >= 4 is 0 Å². The van der Waals surface area contributed by atoms with Gasteiger partial charge >= 0.3 is 0 Å². The maximum Gasteiger partial charge on any atom is 0.231 e. The molecule has 0 saturated carbocycles. The van der Waals surface area contributed by atoms with Crippen LogP contribution in [0.3, 0.4) is 0 Å². The lowest BCUT2D eigenvalue weighted by Gasteiger charge is -2.47. The molecule has 3 aliphatic rings.